The molecule has 0 unspecified atom stereocenters. The van der Waals surface area contributed by atoms with Crippen molar-refractivity contribution in [2.75, 3.05) is 49.1 Å². The zero-order chi connectivity index (χ0) is 16.9. The fourth-order valence-corrected chi connectivity index (χ4v) is 2.87. The van der Waals surface area contributed by atoms with Crippen LogP contribution in [0, 0.1) is 0 Å². The van der Waals surface area contributed by atoms with Gasteiger partial charge in [0.1, 0.15) is 5.82 Å². The van der Waals surface area contributed by atoms with Crippen molar-refractivity contribution in [3.63, 3.8) is 0 Å². The summed E-state index contributed by atoms with van der Waals surface area (Å²) in [6, 6.07) is 5.37. The first-order chi connectivity index (χ1) is 11.7. The molecule has 3 heterocycles. The molecule has 0 radical (unpaired) electrons. The van der Waals surface area contributed by atoms with Crippen molar-refractivity contribution < 1.29 is 9.21 Å². The number of furan rings is 1. The first kappa shape index (κ1) is 16.3. The molecule has 7 nitrogen and oxygen atoms in total. The Labute approximate surface area is 141 Å². The first-order valence-electron chi connectivity index (χ1n) is 8.38. The van der Waals surface area contributed by atoms with E-state index in [4.69, 9.17) is 4.42 Å². The van der Waals surface area contributed by atoms with Gasteiger partial charge >= 0.3 is 0 Å². The highest BCUT2D eigenvalue weighted by Crippen LogP contribution is 2.17. The van der Waals surface area contributed by atoms with Gasteiger partial charge in [0.05, 0.1) is 6.26 Å². The third-order valence-electron chi connectivity index (χ3n) is 4.30. The van der Waals surface area contributed by atoms with E-state index in [1.54, 1.807) is 18.3 Å². The van der Waals surface area contributed by atoms with Gasteiger partial charge < -0.3 is 19.1 Å². The van der Waals surface area contributed by atoms with Crippen LogP contribution in [0.2, 0.25) is 0 Å². The molecule has 2 aromatic rings. The Morgan fingerprint density at radius 2 is 1.96 bits per heavy atom. The minimum atomic E-state index is -0.0498. The van der Waals surface area contributed by atoms with Crippen molar-refractivity contribution in [2.45, 2.75) is 13.8 Å². The molecule has 1 fully saturated rings. The van der Waals surface area contributed by atoms with Crippen LogP contribution in [0.15, 0.2) is 35.1 Å². The van der Waals surface area contributed by atoms with Crippen molar-refractivity contribution in [1.82, 2.24) is 14.9 Å². The number of hydrogen-bond acceptors (Lipinski definition) is 6. The second-order valence-corrected chi connectivity index (χ2v) is 5.64. The summed E-state index contributed by atoms with van der Waals surface area (Å²) in [6.45, 7) is 8.77. The highest BCUT2D eigenvalue weighted by atomic mass is 16.3. The molecule has 0 aromatic carbocycles. The van der Waals surface area contributed by atoms with Crippen LogP contribution in [0.1, 0.15) is 24.4 Å². The van der Waals surface area contributed by atoms with Crippen molar-refractivity contribution in [2.24, 2.45) is 0 Å². The molecule has 0 spiro atoms. The van der Waals surface area contributed by atoms with Crippen LogP contribution in [0.25, 0.3) is 0 Å². The summed E-state index contributed by atoms with van der Waals surface area (Å²) in [6.07, 6.45) is 3.33. The Bertz CT molecular complexity index is 661. The van der Waals surface area contributed by atoms with Gasteiger partial charge in [-0.2, -0.15) is 4.98 Å². The van der Waals surface area contributed by atoms with Gasteiger partial charge in [0.25, 0.3) is 5.91 Å². The highest BCUT2D eigenvalue weighted by molar-refractivity contribution is 5.91. The summed E-state index contributed by atoms with van der Waals surface area (Å²) in [5, 5.41) is 0. The van der Waals surface area contributed by atoms with E-state index in [2.05, 4.69) is 33.6 Å². The lowest BCUT2D eigenvalue weighted by Gasteiger charge is -2.35. The lowest BCUT2D eigenvalue weighted by atomic mass is 10.3. The molecule has 128 valence electrons. The third kappa shape index (κ3) is 3.34. The van der Waals surface area contributed by atoms with E-state index in [0.717, 1.165) is 37.9 Å². The van der Waals surface area contributed by atoms with Gasteiger partial charge in [0.15, 0.2) is 5.76 Å². The molecule has 3 rings (SSSR count). The van der Waals surface area contributed by atoms with Gasteiger partial charge in [-0.3, -0.25) is 4.79 Å². The maximum atomic E-state index is 12.3. The van der Waals surface area contributed by atoms with Gasteiger partial charge in [-0.25, -0.2) is 4.98 Å². The van der Waals surface area contributed by atoms with Gasteiger partial charge in [-0.1, -0.05) is 0 Å². The third-order valence-corrected chi connectivity index (χ3v) is 4.30. The fourth-order valence-electron chi connectivity index (χ4n) is 2.87. The van der Waals surface area contributed by atoms with Crippen LogP contribution in [-0.2, 0) is 0 Å². The maximum absolute atomic E-state index is 12.3. The zero-order valence-corrected chi connectivity index (χ0v) is 14.2. The average molecular weight is 329 g/mol. The molecule has 1 aliphatic rings. The van der Waals surface area contributed by atoms with E-state index in [-0.39, 0.29) is 5.91 Å². The van der Waals surface area contributed by atoms with Crippen molar-refractivity contribution in [3.05, 3.63) is 36.4 Å². The Morgan fingerprint density at radius 1 is 1.21 bits per heavy atom. The molecule has 1 saturated heterocycles. The van der Waals surface area contributed by atoms with Crippen LogP contribution in [0.4, 0.5) is 11.8 Å². The number of carbonyl (C=O) groups excluding carboxylic acids is 1. The van der Waals surface area contributed by atoms with Crippen molar-refractivity contribution in [1.29, 1.82) is 0 Å². The minimum Gasteiger partial charge on any atom is -0.459 e. The topological polar surface area (TPSA) is 65.7 Å². The molecule has 0 saturated carbocycles. The second kappa shape index (κ2) is 7.33. The summed E-state index contributed by atoms with van der Waals surface area (Å²) >= 11 is 0. The van der Waals surface area contributed by atoms with Gasteiger partial charge in [0, 0.05) is 45.5 Å². The predicted octanol–water partition coefficient (Wildman–Crippen LogP) is 1.88. The number of nitrogens with zero attached hydrogens (tertiary/aromatic N) is 5. The second-order valence-electron chi connectivity index (χ2n) is 5.64. The summed E-state index contributed by atoms with van der Waals surface area (Å²) in [5.74, 6) is 2.02. The molecule has 0 atom stereocenters. The lowest BCUT2D eigenvalue weighted by Crippen LogP contribution is -2.49. The maximum Gasteiger partial charge on any atom is 0.289 e. The Kier molecular flexibility index (Phi) is 4.98. The zero-order valence-electron chi connectivity index (χ0n) is 14.2. The predicted molar refractivity (Wildman–Crippen MR) is 92.4 cm³/mol. The van der Waals surface area contributed by atoms with E-state index < -0.39 is 0 Å². The molecule has 1 amide bonds. The molecule has 0 aliphatic carbocycles. The summed E-state index contributed by atoms with van der Waals surface area (Å²) in [7, 11) is 0. The van der Waals surface area contributed by atoms with Crippen LogP contribution in [0.5, 0.6) is 0 Å². The number of anilines is 2. The summed E-state index contributed by atoms with van der Waals surface area (Å²) in [5.41, 5.74) is 0. The minimum absolute atomic E-state index is 0.0498. The molecular formula is C17H23N5O2. The monoisotopic (exact) mass is 329 g/mol. The Morgan fingerprint density at radius 3 is 2.58 bits per heavy atom. The van der Waals surface area contributed by atoms with E-state index in [1.165, 1.54) is 6.26 Å². The first-order valence-corrected chi connectivity index (χ1v) is 8.38. The standard InChI is InChI=1S/C17H23N5O2/c1-3-20(4-2)17-18-8-7-15(19-17)21-9-11-22(12-10-21)16(23)14-6-5-13-24-14/h5-8,13H,3-4,9-12H2,1-2H3. The molecule has 0 bridgehead atoms. The Balaban J connectivity index is 1.64. The number of hydrogen-bond donors (Lipinski definition) is 0. The van der Waals surface area contributed by atoms with Crippen molar-refractivity contribution in [3.8, 4) is 0 Å². The molecule has 0 N–H and O–H groups in total. The number of aromatic nitrogens is 2. The van der Waals surface area contributed by atoms with Gasteiger partial charge in [-0.15, -0.1) is 0 Å². The molecule has 7 heteroatoms. The van der Waals surface area contributed by atoms with Crippen molar-refractivity contribution >= 4 is 17.7 Å². The molecule has 1 aliphatic heterocycles. The van der Waals surface area contributed by atoms with Gasteiger partial charge in [0.2, 0.25) is 5.95 Å². The number of rotatable bonds is 5. The summed E-state index contributed by atoms with van der Waals surface area (Å²) < 4.78 is 5.20. The SMILES string of the molecule is CCN(CC)c1nccc(N2CCN(C(=O)c3ccco3)CC2)n1. The van der Waals surface area contributed by atoms with E-state index in [9.17, 15) is 4.79 Å². The van der Waals surface area contributed by atoms with E-state index in [0.29, 0.717) is 18.8 Å². The smallest absolute Gasteiger partial charge is 0.289 e. The van der Waals surface area contributed by atoms with E-state index in [1.807, 2.05) is 11.0 Å². The molecule has 24 heavy (non-hydrogen) atoms. The number of amides is 1. The van der Waals surface area contributed by atoms with Crippen LogP contribution in [0.3, 0.4) is 0 Å². The van der Waals surface area contributed by atoms with Gasteiger partial charge in [-0.05, 0) is 32.0 Å². The van der Waals surface area contributed by atoms with Crippen LogP contribution < -0.4 is 9.80 Å². The normalized spacial score (nSPS) is 14.8. The van der Waals surface area contributed by atoms with Crippen LogP contribution in [-0.4, -0.2) is 60.0 Å². The number of piperazine rings is 1. The van der Waals surface area contributed by atoms with E-state index >= 15 is 0 Å². The number of carbonyl (C=O) groups is 1. The van der Waals surface area contributed by atoms with Crippen LogP contribution >= 0.6 is 0 Å². The average Bonchev–Trinajstić information content (AvgIpc) is 3.17. The quantitative estimate of drug-likeness (QED) is 0.834. The fraction of sp³-hybridized carbons (Fsp3) is 0.471. The molecular weight excluding hydrogens is 306 g/mol. The highest BCUT2D eigenvalue weighted by Gasteiger charge is 2.24. The summed E-state index contributed by atoms with van der Waals surface area (Å²) in [4.78, 5) is 27.5. The lowest BCUT2D eigenvalue weighted by molar-refractivity contribution is 0.0714. The molecule has 2 aromatic heterocycles. The largest absolute Gasteiger partial charge is 0.459 e. The Hall–Kier alpha value is -2.57.